The smallest absolute Gasteiger partial charge is 0.280 e. The third-order valence-corrected chi connectivity index (χ3v) is 6.56. The third-order valence-electron chi connectivity index (χ3n) is 4.82. The lowest BCUT2D eigenvalue weighted by Gasteiger charge is -2.15. The topological polar surface area (TPSA) is 84.0 Å². The Balaban J connectivity index is 1.75. The maximum atomic E-state index is 13.4. The molecule has 4 aromatic rings. The van der Waals surface area contributed by atoms with Crippen LogP contribution in [0, 0.1) is 5.82 Å². The Bertz CT molecular complexity index is 1510. The first-order valence-corrected chi connectivity index (χ1v) is 11.2. The molecule has 0 aliphatic rings. The number of hydrogen-bond donors (Lipinski definition) is 2. The molecule has 1 heterocycles. The molecule has 0 saturated carbocycles. The van der Waals surface area contributed by atoms with E-state index in [0.717, 1.165) is 11.6 Å². The monoisotopic (exact) mass is 499 g/mol. The maximum absolute atomic E-state index is 13.4. The number of hydrogen-bond acceptors (Lipinski definition) is 3. The van der Waals surface area contributed by atoms with Crippen molar-refractivity contribution in [2.45, 2.75) is 17.6 Å². The van der Waals surface area contributed by atoms with Gasteiger partial charge < -0.3 is 0 Å². The standard InChI is InChI=1S/C21H14ClF4N3O3S/c22-16-10-18-14(20(30)27-29(18)11-12-4-2-1-3-5-12)9-17(16)28-33(31,32)19-7-6-13(23)8-15(19)21(24,25)26/h1-10,28H,11H2,(H,27,30). The molecule has 4 rings (SSSR count). The summed E-state index contributed by atoms with van der Waals surface area (Å²) >= 11 is 6.20. The van der Waals surface area contributed by atoms with Gasteiger partial charge in [-0.1, -0.05) is 41.9 Å². The van der Waals surface area contributed by atoms with Crippen molar-refractivity contribution in [1.82, 2.24) is 9.78 Å². The Kier molecular flexibility index (Phi) is 5.71. The van der Waals surface area contributed by atoms with E-state index in [9.17, 15) is 30.8 Å². The highest BCUT2D eigenvalue weighted by molar-refractivity contribution is 7.92. The van der Waals surface area contributed by atoms with Gasteiger partial charge in [0.2, 0.25) is 0 Å². The van der Waals surface area contributed by atoms with Crippen LogP contribution in [-0.4, -0.2) is 18.2 Å². The van der Waals surface area contributed by atoms with E-state index in [4.69, 9.17) is 11.6 Å². The van der Waals surface area contributed by atoms with Gasteiger partial charge in [0.1, 0.15) is 5.82 Å². The van der Waals surface area contributed by atoms with Gasteiger partial charge in [0.25, 0.3) is 15.6 Å². The number of alkyl halides is 3. The predicted octanol–water partition coefficient (Wildman–Crippen LogP) is 4.99. The lowest BCUT2D eigenvalue weighted by atomic mass is 10.2. The van der Waals surface area contributed by atoms with Crippen molar-refractivity contribution >= 4 is 38.2 Å². The Morgan fingerprint density at radius 2 is 1.73 bits per heavy atom. The van der Waals surface area contributed by atoms with E-state index in [1.165, 1.54) is 10.7 Å². The number of aromatic amines is 1. The minimum absolute atomic E-state index is 0.0724. The molecule has 0 spiro atoms. The van der Waals surface area contributed by atoms with Crippen LogP contribution >= 0.6 is 11.6 Å². The average molecular weight is 500 g/mol. The Hall–Kier alpha value is -3.31. The van der Waals surface area contributed by atoms with Gasteiger partial charge in [-0.15, -0.1) is 0 Å². The second kappa shape index (κ2) is 8.23. The molecule has 0 unspecified atom stereocenters. The lowest BCUT2D eigenvalue weighted by molar-refractivity contribution is -0.140. The highest BCUT2D eigenvalue weighted by Gasteiger charge is 2.38. The number of benzene rings is 3. The molecule has 0 atom stereocenters. The summed E-state index contributed by atoms with van der Waals surface area (Å²) in [5.41, 5.74) is -1.27. The van der Waals surface area contributed by atoms with E-state index >= 15 is 0 Å². The summed E-state index contributed by atoms with van der Waals surface area (Å²) in [6.07, 6.45) is -5.12. The second-order valence-corrected chi connectivity index (χ2v) is 9.16. The fourth-order valence-electron chi connectivity index (χ4n) is 3.34. The summed E-state index contributed by atoms with van der Waals surface area (Å²) in [4.78, 5) is 11.2. The molecule has 172 valence electrons. The molecule has 33 heavy (non-hydrogen) atoms. The molecular weight excluding hydrogens is 486 g/mol. The zero-order valence-electron chi connectivity index (χ0n) is 16.5. The van der Waals surface area contributed by atoms with Crippen molar-refractivity contribution in [3.8, 4) is 0 Å². The van der Waals surface area contributed by atoms with Crippen molar-refractivity contribution in [2.24, 2.45) is 0 Å². The molecule has 0 amide bonds. The molecule has 0 aliphatic carbocycles. The number of sulfonamides is 1. The van der Waals surface area contributed by atoms with Crippen LogP contribution in [0.25, 0.3) is 10.9 Å². The molecule has 2 N–H and O–H groups in total. The summed E-state index contributed by atoms with van der Waals surface area (Å²) in [6.45, 7) is 0.297. The summed E-state index contributed by atoms with van der Waals surface area (Å²) < 4.78 is 82.1. The Labute approximate surface area is 189 Å². The molecule has 0 bridgehead atoms. The van der Waals surface area contributed by atoms with E-state index in [2.05, 4.69) is 5.10 Å². The normalized spacial score (nSPS) is 12.3. The van der Waals surface area contributed by atoms with Crippen molar-refractivity contribution in [2.75, 3.05) is 4.72 Å². The Morgan fingerprint density at radius 1 is 1.03 bits per heavy atom. The maximum Gasteiger partial charge on any atom is 0.417 e. The van der Waals surface area contributed by atoms with Crippen LogP contribution in [0.3, 0.4) is 0 Å². The number of aromatic nitrogens is 2. The lowest BCUT2D eigenvalue weighted by Crippen LogP contribution is -2.19. The van der Waals surface area contributed by atoms with Crippen LogP contribution in [0.2, 0.25) is 5.02 Å². The molecule has 0 fully saturated rings. The van der Waals surface area contributed by atoms with E-state index < -0.39 is 38.0 Å². The van der Waals surface area contributed by atoms with Crippen molar-refractivity contribution < 1.29 is 26.0 Å². The molecule has 12 heteroatoms. The first-order valence-electron chi connectivity index (χ1n) is 9.31. The number of halogens is 5. The molecule has 0 aliphatic heterocycles. The molecular formula is C21H14ClF4N3O3S. The largest absolute Gasteiger partial charge is 0.417 e. The zero-order valence-corrected chi connectivity index (χ0v) is 18.0. The average Bonchev–Trinajstić information content (AvgIpc) is 3.02. The van der Waals surface area contributed by atoms with Crippen LogP contribution in [0.1, 0.15) is 11.1 Å². The molecule has 0 radical (unpaired) electrons. The van der Waals surface area contributed by atoms with Gasteiger partial charge in [0.15, 0.2) is 0 Å². The molecule has 1 aromatic heterocycles. The van der Waals surface area contributed by atoms with Crippen LogP contribution in [0.5, 0.6) is 0 Å². The molecule has 0 saturated heterocycles. The first-order chi connectivity index (χ1) is 15.5. The van der Waals surface area contributed by atoms with E-state index in [1.54, 1.807) is 0 Å². The van der Waals surface area contributed by atoms with Crippen molar-refractivity contribution in [1.29, 1.82) is 0 Å². The van der Waals surface area contributed by atoms with E-state index in [-0.39, 0.29) is 22.2 Å². The third kappa shape index (κ3) is 4.60. The van der Waals surface area contributed by atoms with Crippen molar-refractivity contribution in [3.05, 3.63) is 93.0 Å². The van der Waals surface area contributed by atoms with E-state index in [1.807, 2.05) is 35.1 Å². The quantitative estimate of drug-likeness (QED) is 0.379. The summed E-state index contributed by atoms with van der Waals surface area (Å²) in [5.74, 6) is -1.24. The van der Waals surface area contributed by atoms with Gasteiger partial charge in [0.05, 0.1) is 38.6 Å². The fourth-order valence-corrected chi connectivity index (χ4v) is 4.88. The van der Waals surface area contributed by atoms with Gasteiger partial charge in [0, 0.05) is 0 Å². The molecule has 3 aromatic carbocycles. The van der Waals surface area contributed by atoms with Crippen LogP contribution in [0.4, 0.5) is 23.2 Å². The first kappa shape index (κ1) is 22.9. The minimum atomic E-state index is -5.12. The van der Waals surface area contributed by atoms with Gasteiger partial charge >= 0.3 is 6.18 Å². The number of anilines is 1. The van der Waals surface area contributed by atoms with Crippen LogP contribution < -0.4 is 10.3 Å². The summed E-state index contributed by atoms with van der Waals surface area (Å²) in [6, 6.07) is 12.8. The minimum Gasteiger partial charge on any atom is -0.280 e. The van der Waals surface area contributed by atoms with Crippen molar-refractivity contribution in [3.63, 3.8) is 0 Å². The summed E-state index contributed by atoms with van der Waals surface area (Å²) in [7, 11) is -4.83. The Morgan fingerprint density at radius 3 is 2.39 bits per heavy atom. The van der Waals surface area contributed by atoms with Crippen LogP contribution in [0.15, 0.2) is 70.4 Å². The zero-order chi connectivity index (χ0) is 24.0. The predicted molar refractivity (Wildman–Crippen MR) is 115 cm³/mol. The highest BCUT2D eigenvalue weighted by Crippen LogP contribution is 2.36. The number of H-pyrrole nitrogens is 1. The van der Waals surface area contributed by atoms with Gasteiger partial charge in [-0.25, -0.2) is 12.8 Å². The molecule has 6 nitrogen and oxygen atoms in total. The number of rotatable bonds is 5. The number of nitrogens with zero attached hydrogens (tertiary/aromatic N) is 1. The van der Waals surface area contributed by atoms with Gasteiger partial charge in [-0.2, -0.15) is 13.2 Å². The van der Waals surface area contributed by atoms with Gasteiger partial charge in [-0.3, -0.25) is 19.3 Å². The second-order valence-electron chi connectivity index (χ2n) is 7.11. The fraction of sp³-hybridized carbons (Fsp3) is 0.0952. The SMILES string of the molecule is O=c1[nH]n(Cc2ccccc2)c2cc(Cl)c(NS(=O)(=O)c3ccc(F)cc3C(F)(F)F)cc12. The number of fused-ring (bicyclic) bond motifs is 1. The van der Waals surface area contributed by atoms with E-state index in [0.29, 0.717) is 24.2 Å². The summed E-state index contributed by atoms with van der Waals surface area (Å²) in [5, 5.41) is 2.54. The highest BCUT2D eigenvalue weighted by atomic mass is 35.5. The van der Waals surface area contributed by atoms with Crippen LogP contribution in [-0.2, 0) is 22.7 Å². The number of nitrogens with one attached hydrogen (secondary N) is 2. The van der Waals surface area contributed by atoms with Gasteiger partial charge in [-0.05, 0) is 35.9 Å².